The van der Waals surface area contributed by atoms with E-state index in [4.69, 9.17) is 4.74 Å². The van der Waals surface area contributed by atoms with Gasteiger partial charge >= 0.3 is 0 Å². The van der Waals surface area contributed by atoms with Crippen molar-refractivity contribution < 1.29 is 9.53 Å². The molecule has 0 radical (unpaired) electrons. The van der Waals surface area contributed by atoms with Crippen LogP contribution >= 0.6 is 12.8 Å². The monoisotopic (exact) mass is 220 g/mol. The summed E-state index contributed by atoms with van der Waals surface area (Å²) in [6, 6.07) is 0. The molecule has 0 aromatic carbocycles. The number of nitrogens with zero attached hydrogens (tertiary/aromatic N) is 1. The smallest absolute Gasteiger partial charge is 0.216 e. The number of morpholine rings is 1. The first-order valence-electron chi connectivity index (χ1n) is 4.98. The quantitative estimate of drug-likeness (QED) is 0.673. The van der Waals surface area contributed by atoms with Gasteiger partial charge in [0.25, 0.3) is 0 Å². The summed E-state index contributed by atoms with van der Waals surface area (Å²) >= 11 is 4.21. The molecule has 1 saturated heterocycles. The second-order valence-corrected chi connectivity index (χ2v) is 3.41. The second kappa shape index (κ2) is 8.08. The first-order chi connectivity index (χ1) is 6.68. The zero-order valence-corrected chi connectivity index (χ0v) is 10.0. The second-order valence-electron chi connectivity index (χ2n) is 2.84. The van der Waals surface area contributed by atoms with Crippen LogP contribution in [0.25, 0.3) is 0 Å². The highest BCUT2D eigenvalue weighted by Crippen LogP contribution is 2.05. The van der Waals surface area contributed by atoms with Crippen molar-refractivity contribution in [2.24, 2.45) is 0 Å². The molecule has 4 nitrogen and oxygen atoms in total. The number of hydrogen-bond donors (Lipinski definition) is 2. The molecule has 1 N–H and O–H groups in total. The van der Waals surface area contributed by atoms with E-state index in [1.165, 1.54) is 6.92 Å². The topological polar surface area (TPSA) is 41.6 Å². The molecule has 84 valence electrons. The van der Waals surface area contributed by atoms with Gasteiger partial charge in [0.15, 0.2) is 0 Å². The zero-order valence-electron chi connectivity index (χ0n) is 9.12. The molecule has 1 fully saturated rings. The lowest BCUT2D eigenvalue weighted by atomic mass is 10.3. The van der Waals surface area contributed by atoms with Crippen LogP contribution in [0.3, 0.4) is 0 Å². The number of hydrogen-bond acceptors (Lipinski definition) is 4. The Bertz CT molecular complexity index is 167. The van der Waals surface area contributed by atoms with Crippen LogP contribution < -0.4 is 5.32 Å². The van der Waals surface area contributed by atoms with Crippen LogP contribution in [0.1, 0.15) is 20.8 Å². The summed E-state index contributed by atoms with van der Waals surface area (Å²) in [6.07, 6.45) is 0.0835. The third-order valence-electron chi connectivity index (χ3n) is 1.70. The SMILES string of the molecule is CC.CC(=O)NCC1CN(S)CCO1. The van der Waals surface area contributed by atoms with Crippen molar-refractivity contribution in [3.8, 4) is 0 Å². The molecule has 0 bridgehead atoms. The Kier molecular flexibility index (Phi) is 7.93. The summed E-state index contributed by atoms with van der Waals surface area (Å²) in [5, 5.41) is 2.71. The third kappa shape index (κ3) is 6.23. The van der Waals surface area contributed by atoms with Gasteiger partial charge in [-0.25, -0.2) is 4.31 Å². The summed E-state index contributed by atoms with van der Waals surface area (Å²) in [4.78, 5) is 10.6. The first-order valence-corrected chi connectivity index (χ1v) is 5.38. The fraction of sp³-hybridized carbons (Fsp3) is 0.889. The Morgan fingerprint density at radius 3 is 2.79 bits per heavy atom. The third-order valence-corrected chi connectivity index (χ3v) is 2.06. The van der Waals surface area contributed by atoms with Crippen molar-refractivity contribution in [2.45, 2.75) is 26.9 Å². The Morgan fingerprint density at radius 1 is 1.64 bits per heavy atom. The van der Waals surface area contributed by atoms with Crippen molar-refractivity contribution in [2.75, 3.05) is 26.2 Å². The van der Waals surface area contributed by atoms with Gasteiger partial charge in [0.2, 0.25) is 5.91 Å². The van der Waals surface area contributed by atoms with E-state index in [0.717, 1.165) is 13.1 Å². The predicted octanol–water partition coefficient (Wildman–Crippen LogP) is 0.694. The van der Waals surface area contributed by atoms with Gasteiger partial charge in [0.1, 0.15) is 0 Å². The molecule has 14 heavy (non-hydrogen) atoms. The summed E-state index contributed by atoms with van der Waals surface area (Å²) < 4.78 is 7.29. The van der Waals surface area contributed by atoms with Crippen molar-refractivity contribution in [1.82, 2.24) is 9.62 Å². The lowest BCUT2D eigenvalue weighted by molar-refractivity contribution is -0.119. The van der Waals surface area contributed by atoms with E-state index in [9.17, 15) is 4.79 Å². The van der Waals surface area contributed by atoms with E-state index in [2.05, 4.69) is 18.1 Å². The van der Waals surface area contributed by atoms with E-state index < -0.39 is 0 Å². The Labute approximate surface area is 91.5 Å². The minimum atomic E-state index is -0.0186. The maximum atomic E-state index is 10.6. The number of rotatable bonds is 2. The van der Waals surface area contributed by atoms with Crippen molar-refractivity contribution in [3.05, 3.63) is 0 Å². The number of ether oxygens (including phenoxy) is 1. The molecule has 1 aliphatic rings. The minimum absolute atomic E-state index is 0.0186. The molecule has 0 aromatic rings. The lowest BCUT2D eigenvalue weighted by Gasteiger charge is -2.28. The molecule has 0 aliphatic carbocycles. The minimum Gasteiger partial charge on any atom is -0.374 e. The summed E-state index contributed by atoms with van der Waals surface area (Å²) in [5.41, 5.74) is 0. The molecule has 1 aliphatic heterocycles. The normalized spacial score (nSPS) is 22.1. The molecular formula is C9H20N2O2S. The van der Waals surface area contributed by atoms with Gasteiger partial charge in [-0.05, 0) is 0 Å². The number of thiol groups is 1. The van der Waals surface area contributed by atoms with Gasteiger partial charge in [0, 0.05) is 26.6 Å². The van der Waals surface area contributed by atoms with Crippen molar-refractivity contribution >= 4 is 18.7 Å². The average molecular weight is 220 g/mol. The predicted molar refractivity (Wildman–Crippen MR) is 60.3 cm³/mol. The number of carbonyl (C=O) groups excluding carboxylic acids is 1. The molecule has 5 heteroatoms. The molecule has 0 spiro atoms. The molecule has 1 amide bonds. The molecule has 0 saturated carbocycles. The standard InChI is InChI=1S/C7H14N2O2S.C2H6/c1-6(10)8-4-7-5-9(12)2-3-11-7;1-2/h7,12H,2-5H2,1H3,(H,8,10);1-2H3. The average Bonchev–Trinajstić information content (AvgIpc) is 2.18. The van der Waals surface area contributed by atoms with Gasteiger partial charge in [-0.15, -0.1) is 0 Å². The highest BCUT2D eigenvalue weighted by atomic mass is 32.1. The highest BCUT2D eigenvalue weighted by molar-refractivity contribution is 7.77. The van der Waals surface area contributed by atoms with Crippen LogP contribution in [-0.4, -0.2) is 42.6 Å². The fourth-order valence-corrected chi connectivity index (χ4v) is 1.35. The lowest BCUT2D eigenvalue weighted by Crippen LogP contribution is -2.43. The Balaban J connectivity index is 0.000000791. The molecule has 0 aromatic heterocycles. The molecule has 1 unspecified atom stereocenters. The van der Waals surface area contributed by atoms with Gasteiger partial charge in [-0.2, -0.15) is 0 Å². The number of amides is 1. The van der Waals surface area contributed by atoms with Gasteiger partial charge in [0.05, 0.1) is 12.7 Å². The highest BCUT2D eigenvalue weighted by Gasteiger charge is 2.17. The molecular weight excluding hydrogens is 200 g/mol. The van der Waals surface area contributed by atoms with E-state index in [1.54, 1.807) is 0 Å². The van der Waals surface area contributed by atoms with Crippen LogP contribution in [-0.2, 0) is 9.53 Å². The fourth-order valence-electron chi connectivity index (χ4n) is 1.08. The van der Waals surface area contributed by atoms with E-state index in [0.29, 0.717) is 13.2 Å². The van der Waals surface area contributed by atoms with Gasteiger partial charge < -0.3 is 10.1 Å². The number of carbonyl (C=O) groups is 1. The summed E-state index contributed by atoms with van der Waals surface area (Å²) in [5.74, 6) is -0.0186. The number of nitrogens with one attached hydrogen (secondary N) is 1. The Morgan fingerprint density at radius 2 is 2.29 bits per heavy atom. The largest absolute Gasteiger partial charge is 0.374 e. The van der Waals surface area contributed by atoms with Crippen LogP contribution in [0.5, 0.6) is 0 Å². The van der Waals surface area contributed by atoms with Gasteiger partial charge in [-0.1, -0.05) is 26.7 Å². The molecule has 1 heterocycles. The van der Waals surface area contributed by atoms with E-state index in [1.807, 2.05) is 18.2 Å². The molecule has 1 rings (SSSR count). The first kappa shape index (κ1) is 13.7. The summed E-state index contributed by atoms with van der Waals surface area (Å²) in [7, 11) is 0. The van der Waals surface area contributed by atoms with Crippen molar-refractivity contribution in [1.29, 1.82) is 0 Å². The van der Waals surface area contributed by atoms with Gasteiger partial charge in [-0.3, -0.25) is 4.79 Å². The maximum absolute atomic E-state index is 10.6. The summed E-state index contributed by atoms with van der Waals surface area (Å²) in [6.45, 7) is 8.38. The van der Waals surface area contributed by atoms with Crippen LogP contribution in [0, 0.1) is 0 Å². The van der Waals surface area contributed by atoms with Crippen molar-refractivity contribution in [3.63, 3.8) is 0 Å². The van der Waals surface area contributed by atoms with Crippen LogP contribution in [0.4, 0.5) is 0 Å². The molecule has 1 atom stereocenters. The van der Waals surface area contributed by atoms with Crippen LogP contribution in [0.15, 0.2) is 0 Å². The van der Waals surface area contributed by atoms with Crippen LogP contribution in [0.2, 0.25) is 0 Å². The maximum Gasteiger partial charge on any atom is 0.216 e. The van der Waals surface area contributed by atoms with E-state index >= 15 is 0 Å². The Hall–Kier alpha value is -0.260. The van der Waals surface area contributed by atoms with E-state index in [-0.39, 0.29) is 12.0 Å². The zero-order chi connectivity index (χ0) is 11.0.